The summed E-state index contributed by atoms with van der Waals surface area (Å²) in [6.45, 7) is 0. The third-order valence-corrected chi connectivity index (χ3v) is 4.90. The van der Waals surface area contributed by atoms with Crippen molar-refractivity contribution < 1.29 is 9.59 Å². The number of amides is 2. The Morgan fingerprint density at radius 1 is 1.04 bits per heavy atom. The number of rotatable bonds is 5. The third-order valence-electron chi connectivity index (χ3n) is 3.64. The van der Waals surface area contributed by atoms with Crippen molar-refractivity contribution in [1.29, 1.82) is 0 Å². The quantitative estimate of drug-likeness (QED) is 0.449. The van der Waals surface area contributed by atoms with Crippen molar-refractivity contribution >= 4 is 45.9 Å². The Morgan fingerprint density at radius 3 is 2.48 bits per heavy atom. The first-order valence-corrected chi connectivity index (χ1v) is 9.36. The van der Waals surface area contributed by atoms with Gasteiger partial charge in [-0.15, -0.1) is 11.8 Å². The molecule has 138 valence electrons. The molecular formula is C18H15ClN4O3S. The highest BCUT2D eigenvalue weighted by Gasteiger charge is 2.14. The summed E-state index contributed by atoms with van der Waals surface area (Å²) in [5.41, 5.74) is 4.31. The van der Waals surface area contributed by atoms with Crippen LogP contribution < -0.4 is 16.4 Å². The van der Waals surface area contributed by atoms with Gasteiger partial charge < -0.3 is 0 Å². The number of halogens is 1. The number of carbonyl (C=O) groups excluding carboxylic acids is 2. The van der Waals surface area contributed by atoms with E-state index in [0.29, 0.717) is 21.5 Å². The Balaban J connectivity index is 1.53. The Bertz CT molecular complexity index is 1040. The number of nitrogens with one attached hydrogen (secondary N) is 3. The maximum absolute atomic E-state index is 12.3. The molecule has 3 N–H and O–H groups in total. The van der Waals surface area contributed by atoms with Gasteiger partial charge in [0.25, 0.3) is 11.5 Å². The molecule has 0 bridgehead atoms. The van der Waals surface area contributed by atoms with Crippen LogP contribution >= 0.6 is 23.4 Å². The number of hydrogen-bond acceptors (Lipinski definition) is 5. The second-order valence-corrected chi connectivity index (χ2v) is 7.11. The van der Waals surface area contributed by atoms with Crippen molar-refractivity contribution in [3.63, 3.8) is 0 Å². The van der Waals surface area contributed by atoms with Crippen LogP contribution in [0.4, 0.5) is 0 Å². The van der Waals surface area contributed by atoms with Crippen molar-refractivity contribution in [3.05, 3.63) is 69.6 Å². The van der Waals surface area contributed by atoms with Crippen LogP contribution in [0.5, 0.6) is 0 Å². The number of benzene rings is 2. The van der Waals surface area contributed by atoms with Gasteiger partial charge >= 0.3 is 0 Å². The molecule has 1 heterocycles. The zero-order chi connectivity index (χ0) is 19.2. The predicted molar refractivity (Wildman–Crippen MR) is 105 cm³/mol. The van der Waals surface area contributed by atoms with Crippen molar-refractivity contribution in [1.82, 2.24) is 21.0 Å². The van der Waals surface area contributed by atoms with E-state index in [9.17, 15) is 14.4 Å². The van der Waals surface area contributed by atoms with Gasteiger partial charge in [-0.3, -0.25) is 25.2 Å². The molecule has 3 rings (SSSR count). The summed E-state index contributed by atoms with van der Waals surface area (Å²) in [6.07, 6.45) is 0.216. The van der Waals surface area contributed by atoms with Crippen molar-refractivity contribution in [2.24, 2.45) is 0 Å². The summed E-state index contributed by atoms with van der Waals surface area (Å²) in [6, 6.07) is 13.9. The van der Waals surface area contributed by atoms with Gasteiger partial charge in [0.1, 0.15) is 0 Å². The number of hydrogen-bond donors (Lipinski definition) is 3. The number of thioether (sulfide) groups is 1. The topological polar surface area (TPSA) is 104 Å². The molecule has 0 aliphatic heterocycles. The highest BCUT2D eigenvalue weighted by molar-refractivity contribution is 7.99. The first-order valence-electron chi connectivity index (χ1n) is 7.99. The lowest BCUT2D eigenvalue weighted by atomic mass is 10.1. The van der Waals surface area contributed by atoms with Gasteiger partial charge in [-0.05, 0) is 30.3 Å². The molecule has 0 unspecified atom stereocenters. The van der Waals surface area contributed by atoms with Crippen LogP contribution in [0.2, 0.25) is 5.02 Å². The molecule has 0 saturated heterocycles. The minimum absolute atomic E-state index is 0.0287. The van der Waals surface area contributed by atoms with E-state index < -0.39 is 5.91 Å². The molecule has 0 saturated carbocycles. The lowest BCUT2D eigenvalue weighted by Gasteiger charge is -2.08. The molecule has 0 radical (unpaired) electrons. The van der Waals surface area contributed by atoms with E-state index >= 15 is 0 Å². The van der Waals surface area contributed by atoms with E-state index in [1.165, 1.54) is 11.8 Å². The monoisotopic (exact) mass is 402 g/mol. The van der Waals surface area contributed by atoms with Crippen LogP contribution in [0.15, 0.2) is 58.2 Å². The predicted octanol–water partition coefficient (Wildman–Crippen LogP) is 2.52. The van der Waals surface area contributed by atoms with Crippen molar-refractivity contribution in [2.75, 3.05) is 5.75 Å². The molecular weight excluding hydrogens is 388 g/mol. The standard InChI is InChI=1S/C18H15ClN4O3S/c19-11-5-7-12(8-6-11)27-10-9-15(24)20-23-18(26)16-13-3-1-2-4-14(13)17(25)22-21-16/h1-8H,9-10H2,(H,20,24)(H,22,25)(H,23,26). The van der Waals surface area contributed by atoms with Gasteiger partial charge in [-0.25, -0.2) is 5.10 Å². The highest BCUT2D eigenvalue weighted by atomic mass is 35.5. The van der Waals surface area contributed by atoms with E-state index in [4.69, 9.17) is 11.6 Å². The second kappa shape index (κ2) is 8.70. The van der Waals surface area contributed by atoms with E-state index in [1.807, 2.05) is 12.1 Å². The molecule has 7 nitrogen and oxygen atoms in total. The minimum Gasteiger partial charge on any atom is -0.273 e. The smallest absolute Gasteiger partial charge is 0.273 e. The summed E-state index contributed by atoms with van der Waals surface area (Å²) in [7, 11) is 0. The van der Waals surface area contributed by atoms with Crippen molar-refractivity contribution in [3.8, 4) is 0 Å². The van der Waals surface area contributed by atoms with E-state index in [1.54, 1.807) is 36.4 Å². The molecule has 0 fully saturated rings. The normalized spacial score (nSPS) is 10.6. The van der Waals surface area contributed by atoms with Crippen LogP contribution in [-0.2, 0) is 4.79 Å². The fourth-order valence-electron chi connectivity index (χ4n) is 2.33. The molecule has 1 aromatic heterocycles. The van der Waals surface area contributed by atoms with E-state index in [0.717, 1.165) is 4.90 Å². The molecule has 0 spiro atoms. The molecule has 27 heavy (non-hydrogen) atoms. The maximum Gasteiger partial charge on any atom is 0.290 e. The van der Waals surface area contributed by atoms with Gasteiger partial charge in [0.05, 0.1) is 5.39 Å². The Kier molecular flexibility index (Phi) is 6.10. The summed E-state index contributed by atoms with van der Waals surface area (Å²) < 4.78 is 0. The fraction of sp³-hybridized carbons (Fsp3) is 0.111. The first-order chi connectivity index (χ1) is 13.0. The maximum atomic E-state index is 12.3. The van der Waals surface area contributed by atoms with Crippen LogP contribution in [0.25, 0.3) is 10.8 Å². The second-order valence-electron chi connectivity index (χ2n) is 5.50. The molecule has 0 atom stereocenters. The van der Waals surface area contributed by atoms with Crippen LogP contribution in [0.3, 0.4) is 0 Å². The molecule has 9 heteroatoms. The highest BCUT2D eigenvalue weighted by Crippen LogP contribution is 2.20. The SMILES string of the molecule is O=C(CCSc1ccc(Cl)cc1)NNC(=O)c1n[nH]c(=O)c2ccccc12. The largest absolute Gasteiger partial charge is 0.290 e. The van der Waals surface area contributed by atoms with Crippen LogP contribution in [-0.4, -0.2) is 27.8 Å². The first kappa shape index (κ1) is 18.9. The lowest BCUT2D eigenvalue weighted by Crippen LogP contribution is -2.42. The summed E-state index contributed by atoms with van der Waals surface area (Å²) in [5, 5.41) is 7.47. The van der Waals surface area contributed by atoms with Gasteiger partial charge in [0.15, 0.2) is 5.69 Å². The zero-order valence-corrected chi connectivity index (χ0v) is 15.6. The number of hydrazine groups is 1. The summed E-state index contributed by atoms with van der Waals surface area (Å²) in [4.78, 5) is 36.9. The van der Waals surface area contributed by atoms with Crippen LogP contribution in [0, 0.1) is 0 Å². The number of aromatic nitrogens is 2. The number of fused-ring (bicyclic) bond motifs is 1. The molecule has 0 aliphatic carbocycles. The molecule has 2 amide bonds. The van der Waals surface area contributed by atoms with Gasteiger partial charge in [0.2, 0.25) is 5.91 Å². The Hall–Kier alpha value is -2.84. The minimum atomic E-state index is -0.610. The fourth-order valence-corrected chi connectivity index (χ4v) is 3.31. The van der Waals surface area contributed by atoms with Crippen molar-refractivity contribution in [2.45, 2.75) is 11.3 Å². The van der Waals surface area contributed by atoms with E-state index in [2.05, 4.69) is 21.0 Å². The van der Waals surface area contributed by atoms with Gasteiger partial charge in [-0.2, -0.15) is 5.10 Å². The summed E-state index contributed by atoms with van der Waals surface area (Å²) in [5.74, 6) is -0.400. The molecule has 3 aromatic rings. The molecule has 0 aliphatic rings. The Morgan fingerprint density at radius 2 is 1.74 bits per heavy atom. The molecule has 2 aromatic carbocycles. The van der Waals surface area contributed by atoms with Gasteiger partial charge in [-0.1, -0.05) is 29.8 Å². The number of H-pyrrole nitrogens is 1. The number of carbonyl (C=O) groups is 2. The average Bonchev–Trinajstić information content (AvgIpc) is 2.68. The van der Waals surface area contributed by atoms with Crippen LogP contribution in [0.1, 0.15) is 16.9 Å². The third kappa shape index (κ3) is 4.87. The average molecular weight is 403 g/mol. The number of aromatic amines is 1. The Labute approximate surface area is 163 Å². The van der Waals surface area contributed by atoms with Gasteiger partial charge in [0, 0.05) is 27.5 Å². The zero-order valence-electron chi connectivity index (χ0n) is 14.0. The summed E-state index contributed by atoms with van der Waals surface area (Å²) >= 11 is 7.33. The van der Waals surface area contributed by atoms with E-state index in [-0.39, 0.29) is 23.6 Å². The lowest BCUT2D eigenvalue weighted by molar-refractivity contribution is -0.121. The number of nitrogens with zero attached hydrogens (tertiary/aromatic N) is 1.